The molecule has 0 N–H and O–H groups in total. The van der Waals surface area contributed by atoms with Gasteiger partial charge in [0.25, 0.3) is 0 Å². The predicted octanol–water partition coefficient (Wildman–Crippen LogP) is 3.14. The number of hydrogen-bond acceptors (Lipinski definition) is 0. The van der Waals surface area contributed by atoms with E-state index in [0.717, 1.165) is 0 Å². The Morgan fingerprint density at radius 2 is 1.38 bits per heavy atom. The summed E-state index contributed by atoms with van der Waals surface area (Å²) in [5, 5.41) is 0. The summed E-state index contributed by atoms with van der Waals surface area (Å²) in [5.41, 5.74) is 1.28. The first-order valence-corrected chi connectivity index (χ1v) is 3.31. The van der Waals surface area contributed by atoms with Crippen LogP contribution in [0.4, 0.5) is 14.1 Å². The van der Waals surface area contributed by atoms with Crippen molar-refractivity contribution in [2.45, 2.75) is 6.92 Å². The van der Waals surface area contributed by atoms with Crippen LogP contribution in [0.15, 0.2) is 28.7 Å². The van der Waals surface area contributed by atoms with Crippen LogP contribution in [0.2, 0.25) is 0 Å². The molecule has 0 spiro atoms. The van der Waals surface area contributed by atoms with E-state index in [-0.39, 0.29) is 50.0 Å². The van der Waals surface area contributed by atoms with E-state index in [4.69, 9.17) is 0 Å². The summed E-state index contributed by atoms with van der Waals surface area (Å²) in [6.07, 6.45) is 0. The van der Waals surface area contributed by atoms with Gasteiger partial charge in [0.15, 0.2) is 0 Å². The normalized spacial score (nSPS) is 5.69. The molecule has 0 amide bonds. The van der Waals surface area contributed by atoms with Crippen LogP contribution in [-0.2, 0) is 0 Å². The van der Waals surface area contributed by atoms with Gasteiger partial charge in [0, 0.05) is 4.47 Å². The predicted molar refractivity (Wildman–Crippen MR) is 63.9 cm³/mol. The fourth-order valence-corrected chi connectivity index (χ4v) is 0.836. The monoisotopic (exact) mass is 318 g/mol. The minimum absolute atomic E-state index is 0. The Morgan fingerprint density at radius 1 is 1.00 bits per heavy atom. The summed E-state index contributed by atoms with van der Waals surface area (Å²) < 4.78 is 1.18. The molecule has 0 aliphatic heterocycles. The number of aryl methyl sites for hydroxylation is 1. The van der Waals surface area contributed by atoms with Crippen LogP contribution >= 0.6 is 32.9 Å². The minimum atomic E-state index is 0. The molecule has 0 aromatic heterocycles. The zero-order valence-electron chi connectivity index (χ0n) is 6.32. The second-order valence-corrected chi connectivity index (χ2v) is 2.60. The third-order valence-corrected chi connectivity index (χ3v) is 1.97. The van der Waals surface area contributed by atoms with Gasteiger partial charge in [-0.25, -0.2) is 0 Å². The van der Waals surface area contributed by atoms with E-state index in [9.17, 15) is 0 Å². The molecule has 0 bridgehead atoms. The molecule has 1 aromatic carbocycles. The number of halogens is 5. The molecule has 0 aliphatic rings. The fraction of sp³-hybridized carbons (Fsp3) is 0.143. The average molecular weight is 320 g/mol. The van der Waals surface area contributed by atoms with Crippen LogP contribution in [0.1, 0.15) is 5.56 Å². The van der Waals surface area contributed by atoms with Crippen LogP contribution in [0.5, 0.6) is 0 Å². The number of rotatable bonds is 0. The van der Waals surface area contributed by atoms with Crippen LogP contribution < -0.4 is 0 Å². The molecule has 0 radical (unpaired) electrons. The van der Waals surface area contributed by atoms with Crippen LogP contribution in [0.3, 0.4) is 0 Å². The van der Waals surface area contributed by atoms with E-state index in [1.54, 1.807) is 0 Å². The van der Waals surface area contributed by atoms with Crippen LogP contribution in [0.25, 0.3) is 0 Å². The first-order chi connectivity index (χ1) is 3.80. The second-order valence-electron chi connectivity index (χ2n) is 1.75. The summed E-state index contributed by atoms with van der Waals surface area (Å²) in [6.45, 7) is 2.07. The zero-order chi connectivity index (χ0) is 5.98. The molecule has 1 rings (SSSR count). The quantitative estimate of drug-likeness (QED) is 0.644. The standard InChI is InChI=1S/C7H7Br.BrH.3FH.Li.H/c1-6-4-2-3-5-7(6)8;;;;;;/h2-5H,1H3;4*1H;;. The maximum absolute atomic E-state index is 3.40. The third kappa shape index (κ3) is 10.5. The van der Waals surface area contributed by atoms with Gasteiger partial charge in [-0.3, -0.25) is 14.1 Å². The van der Waals surface area contributed by atoms with Crippen molar-refractivity contribution >= 4 is 51.8 Å². The van der Waals surface area contributed by atoms with Crippen molar-refractivity contribution in [2.24, 2.45) is 0 Å². The molecule has 0 aliphatic carbocycles. The topological polar surface area (TPSA) is 0 Å². The Kier molecular flexibility index (Phi) is 33.8. The van der Waals surface area contributed by atoms with Gasteiger partial charge in [0.05, 0.1) is 0 Å². The molecule has 13 heavy (non-hydrogen) atoms. The Bertz CT molecular complexity index is 178. The summed E-state index contributed by atoms with van der Waals surface area (Å²) in [5.74, 6) is 0. The van der Waals surface area contributed by atoms with Gasteiger partial charge < -0.3 is 0 Å². The van der Waals surface area contributed by atoms with E-state index in [1.165, 1.54) is 10.0 Å². The van der Waals surface area contributed by atoms with E-state index in [2.05, 4.69) is 28.9 Å². The van der Waals surface area contributed by atoms with Crippen molar-refractivity contribution in [1.82, 2.24) is 0 Å². The fourth-order valence-electron chi connectivity index (χ4n) is 0.551. The van der Waals surface area contributed by atoms with Gasteiger partial charge in [-0.15, -0.1) is 17.0 Å². The first kappa shape index (κ1) is 29.2. The van der Waals surface area contributed by atoms with Gasteiger partial charge in [0.2, 0.25) is 0 Å². The molecule has 6 heteroatoms. The van der Waals surface area contributed by atoms with E-state index < -0.39 is 0 Å². The third-order valence-electron chi connectivity index (χ3n) is 1.08. The van der Waals surface area contributed by atoms with Crippen LogP contribution in [-0.4, -0.2) is 18.9 Å². The Hall–Kier alpha value is 0.567. The Labute approximate surface area is 107 Å². The summed E-state index contributed by atoms with van der Waals surface area (Å²) in [7, 11) is 0. The number of benzene rings is 1. The van der Waals surface area contributed by atoms with Gasteiger partial charge in [0.1, 0.15) is 0 Å². The Morgan fingerprint density at radius 3 is 1.62 bits per heavy atom. The average Bonchev–Trinajstić information content (AvgIpc) is 1.77. The van der Waals surface area contributed by atoms with Gasteiger partial charge in [-0.1, -0.05) is 34.1 Å². The van der Waals surface area contributed by atoms with E-state index in [0.29, 0.717) is 0 Å². The summed E-state index contributed by atoms with van der Waals surface area (Å²) in [4.78, 5) is 0. The Balaban J connectivity index is -0.0000000427. The zero-order valence-corrected chi connectivity index (χ0v) is 9.62. The molecular weight excluding hydrogens is 308 g/mol. The molecule has 0 saturated heterocycles. The summed E-state index contributed by atoms with van der Waals surface area (Å²) >= 11 is 3.40. The first-order valence-electron chi connectivity index (χ1n) is 2.52. The molecule has 1 aromatic rings. The van der Waals surface area contributed by atoms with Crippen molar-refractivity contribution in [1.29, 1.82) is 0 Å². The van der Waals surface area contributed by atoms with Gasteiger partial charge in [-0.2, -0.15) is 0 Å². The molecule has 0 unspecified atom stereocenters. The molecule has 0 fully saturated rings. The van der Waals surface area contributed by atoms with Crippen LogP contribution in [0, 0.1) is 6.92 Å². The van der Waals surface area contributed by atoms with Crippen molar-refractivity contribution in [3.63, 3.8) is 0 Å². The number of hydrogen-bond donors (Lipinski definition) is 0. The van der Waals surface area contributed by atoms with Crippen molar-refractivity contribution < 1.29 is 14.1 Å². The second kappa shape index (κ2) is 15.1. The summed E-state index contributed by atoms with van der Waals surface area (Å²) in [6, 6.07) is 8.15. The van der Waals surface area contributed by atoms with E-state index in [1.807, 2.05) is 18.2 Å². The van der Waals surface area contributed by atoms with Gasteiger partial charge >= 0.3 is 18.9 Å². The van der Waals surface area contributed by atoms with Crippen molar-refractivity contribution in [3.8, 4) is 0 Å². The van der Waals surface area contributed by atoms with Gasteiger partial charge in [-0.05, 0) is 18.6 Å². The molecule has 0 heterocycles. The maximum atomic E-state index is 3.40. The van der Waals surface area contributed by atoms with E-state index >= 15 is 0 Å². The molecule has 0 nitrogen and oxygen atoms in total. The molecule has 76 valence electrons. The van der Waals surface area contributed by atoms with Crippen molar-refractivity contribution in [3.05, 3.63) is 34.3 Å². The molecule has 0 saturated carbocycles. The SMILES string of the molecule is Br.Cc1ccccc1Br.F.F.F.[LiH]. The van der Waals surface area contributed by atoms with Crippen molar-refractivity contribution in [2.75, 3.05) is 0 Å². The molecule has 0 atom stereocenters. The molecular formula is C7H12Br2F3Li.